The highest BCUT2D eigenvalue weighted by Gasteiger charge is 2.26. The lowest BCUT2D eigenvalue weighted by Crippen LogP contribution is -2.39. The number of hydrogen-bond acceptors (Lipinski definition) is 5. The van der Waals surface area contributed by atoms with Crippen LogP contribution in [0, 0.1) is 5.82 Å². The minimum Gasteiger partial charge on any atom is -0.371 e. The van der Waals surface area contributed by atoms with E-state index in [0.29, 0.717) is 6.61 Å². The number of ether oxygens (including phenoxy) is 1. The summed E-state index contributed by atoms with van der Waals surface area (Å²) in [5.74, 6) is -0.261. The fourth-order valence-corrected chi connectivity index (χ4v) is 3.93. The molecular formula is C21H27FN2O3S. The summed E-state index contributed by atoms with van der Waals surface area (Å²) < 4.78 is 40.5. The van der Waals surface area contributed by atoms with Crippen molar-refractivity contribution in [2.45, 2.75) is 32.0 Å². The molecule has 0 radical (unpaired) electrons. The van der Waals surface area contributed by atoms with Gasteiger partial charge in [0, 0.05) is 25.2 Å². The third kappa shape index (κ3) is 5.38. The van der Waals surface area contributed by atoms with Crippen molar-refractivity contribution in [2.75, 3.05) is 25.6 Å². The van der Waals surface area contributed by atoms with Gasteiger partial charge in [-0.1, -0.05) is 36.4 Å². The maximum atomic E-state index is 13.2. The molecule has 1 aliphatic heterocycles. The molecule has 1 aliphatic rings. The number of benzene rings is 2. The summed E-state index contributed by atoms with van der Waals surface area (Å²) >= 11 is 0. The average Bonchev–Trinajstić information content (AvgIpc) is 2.72. The number of morpholine rings is 1. The third-order valence-corrected chi connectivity index (χ3v) is 5.77. The van der Waals surface area contributed by atoms with Gasteiger partial charge in [-0.3, -0.25) is 10.2 Å². The minimum atomic E-state index is -2.42. The molecule has 1 N–H and O–H groups in total. The van der Waals surface area contributed by atoms with Crippen LogP contribution in [-0.4, -0.2) is 38.9 Å². The Morgan fingerprint density at radius 3 is 2.39 bits per heavy atom. The highest BCUT2D eigenvalue weighted by atomic mass is 32.2. The zero-order valence-corrected chi connectivity index (χ0v) is 17.1. The first-order chi connectivity index (χ1) is 13.4. The minimum absolute atomic E-state index is 0.0206. The summed E-state index contributed by atoms with van der Waals surface area (Å²) in [5, 5.41) is 2.99. The second-order valence-corrected chi connectivity index (χ2v) is 8.15. The molecule has 1 saturated heterocycles. The molecule has 0 spiro atoms. The molecule has 3 rings (SSSR count). The molecule has 2 aromatic carbocycles. The molecule has 1 unspecified atom stereocenters. The van der Waals surface area contributed by atoms with E-state index in [1.54, 1.807) is 12.1 Å². The summed E-state index contributed by atoms with van der Waals surface area (Å²) in [4.78, 5) is 2.37. The van der Waals surface area contributed by atoms with Crippen molar-refractivity contribution in [3.05, 3.63) is 71.0 Å². The summed E-state index contributed by atoms with van der Waals surface area (Å²) in [6.07, 6.45) is -0.0608. The Morgan fingerprint density at radius 2 is 1.75 bits per heavy atom. The van der Waals surface area contributed by atoms with Crippen LogP contribution in [0.1, 0.15) is 48.7 Å². The van der Waals surface area contributed by atoms with Gasteiger partial charge in [0.05, 0.1) is 18.6 Å². The Balaban J connectivity index is 1.64. The molecule has 28 heavy (non-hydrogen) atoms. The van der Waals surface area contributed by atoms with Gasteiger partial charge in [0.15, 0.2) is 10.7 Å². The highest BCUT2D eigenvalue weighted by molar-refractivity contribution is 7.72. The first kappa shape index (κ1) is 20.9. The van der Waals surface area contributed by atoms with Crippen LogP contribution in [0.15, 0.2) is 48.5 Å². The van der Waals surface area contributed by atoms with Crippen molar-refractivity contribution in [2.24, 2.45) is 0 Å². The standard InChI is InChI=1S/C21H27FN2O3S/c1-15(23-14-28(25)26)17-3-5-18(6-4-17)16(2)24-11-12-27-21(13-24)19-7-9-20(22)10-8-19/h3-10,15-16,21,23,28H,11-14H2,1-2H3/t15-,16?,21-/m1/s1. The van der Waals surface area contributed by atoms with Crippen molar-refractivity contribution in [1.82, 2.24) is 10.2 Å². The van der Waals surface area contributed by atoms with Crippen LogP contribution in [0.4, 0.5) is 4.39 Å². The van der Waals surface area contributed by atoms with Gasteiger partial charge in [0.2, 0.25) is 0 Å². The Bertz CT molecular complexity index is 832. The highest BCUT2D eigenvalue weighted by Crippen LogP contribution is 2.29. The second kappa shape index (κ2) is 9.60. The number of thiol groups is 1. The largest absolute Gasteiger partial charge is 0.371 e. The maximum absolute atomic E-state index is 13.2. The van der Waals surface area contributed by atoms with E-state index < -0.39 is 10.7 Å². The van der Waals surface area contributed by atoms with E-state index in [-0.39, 0.29) is 29.9 Å². The molecule has 0 bridgehead atoms. The van der Waals surface area contributed by atoms with Crippen LogP contribution in [-0.2, 0) is 15.4 Å². The molecule has 3 atom stereocenters. The van der Waals surface area contributed by atoms with Crippen LogP contribution in [0.25, 0.3) is 0 Å². The van der Waals surface area contributed by atoms with Crippen LogP contribution in [0.5, 0.6) is 0 Å². The van der Waals surface area contributed by atoms with Gasteiger partial charge >= 0.3 is 0 Å². The molecule has 2 aromatic rings. The summed E-state index contributed by atoms with van der Waals surface area (Å²) in [6, 6.07) is 15.0. The van der Waals surface area contributed by atoms with Crippen molar-refractivity contribution < 1.29 is 17.5 Å². The van der Waals surface area contributed by atoms with E-state index in [1.807, 2.05) is 19.1 Å². The van der Waals surface area contributed by atoms with Crippen LogP contribution in [0.3, 0.4) is 0 Å². The molecule has 0 aliphatic carbocycles. The predicted molar refractivity (Wildman–Crippen MR) is 108 cm³/mol. The summed E-state index contributed by atoms with van der Waals surface area (Å²) in [7, 11) is -2.42. The van der Waals surface area contributed by atoms with E-state index >= 15 is 0 Å². The van der Waals surface area contributed by atoms with Crippen LogP contribution in [0.2, 0.25) is 0 Å². The van der Waals surface area contributed by atoms with Gasteiger partial charge in [-0.05, 0) is 42.7 Å². The van der Waals surface area contributed by atoms with Crippen molar-refractivity contribution in [3.8, 4) is 0 Å². The molecule has 7 heteroatoms. The first-order valence-electron chi connectivity index (χ1n) is 9.50. The number of nitrogens with one attached hydrogen (secondary N) is 1. The second-order valence-electron chi connectivity index (χ2n) is 7.17. The summed E-state index contributed by atoms with van der Waals surface area (Å²) in [5.41, 5.74) is 3.25. The Labute approximate surface area is 167 Å². The summed E-state index contributed by atoms with van der Waals surface area (Å²) in [6.45, 7) is 6.36. The number of nitrogens with zero attached hydrogens (tertiary/aromatic N) is 1. The number of halogens is 1. The van der Waals surface area contributed by atoms with Gasteiger partial charge in [-0.15, -0.1) is 0 Å². The first-order valence-corrected chi connectivity index (χ1v) is 10.9. The SMILES string of the molecule is CC(c1ccc([C@@H](C)NC[SH](=O)=O)cc1)N1CCO[C@@H](c2ccc(F)cc2)C1. The fourth-order valence-electron chi connectivity index (χ4n) is 3.50. The van der Waals surface area contributed by atoms with Gasteiger partial charge in [-0.2, -0.15) is 0 Å². The smallest absolute Gasteiger partial charge is 0.153 e. The normalized spacial score (nSPS) is 20.2. The van der Waals surface area contributed by atoms with Gasteiger partial charge < -0.3 is 4.74 Å². The van der Waals surface area contributed by atoms with Crippen molar-refractivity contribution >= 4 is 10.7 Å². The maximum Gasteiger partial charge on any atom is 0.153 e. The molecule has 1 heterocycles. The van der Waals surface area contributed by atoms with E-state index in [1.165, 1.54) is 17.7 Å². The van der Waals surface area contributed by atoms with E-state index in [0.717, 1.165) is 24.2 Å². The molecule has 152 valence electrons. The van der Waals surface area contributed by atoms with E-state index in [4.69, 9.17) is 4.74 Å². The number of hydrogen-bond donors (Lipinski definition) is 2. The van der Waals surface area contributed by atoms with Crippen LogP contribution < -0.4 is 5.32 Å². The van der Waals surface area contributed by atoms with E-state index in [9.17, 15) is 12.8 Å². The molecule has 0 amide bonds. The quantitative estimate of drug-likeness (QED) is 0.692. The molecular weight excluding hydrogens is 379 g/mol. The zero-order chi connectivity index (χ0) is 20.1. The molecule has 5 nitrogen and oxygen atoms in total. The fraction of sp³-hybridized carbons (Fsp3) is 0.429. The molecule has 0 aromatic heterocycles. The number of rotatable bonds is 7. The third-order valence-electron chi connectivity index (χ3n) is 5.33. The van der Waals surface area contributed by atoms with Gasteiger partial charge in [0.25, 0.3) is 0 Å². The zero-order valence-electron chi connectivity index (χ0n) is 16.2. The topological polar surface area (TPSA) is 58.6 Å². The lowest BCUT2D eigenvalue weighted by atomic mass is 10.0. The molecule has 1 fully saturated rings. The van der Waals surface area contributed by atoms with Crippen LogP contribution >= 0.6 is 0 Å². The Hall–Kier alpha value is -1.80. The molecule has 0 saturated carbocycles. The predicted octanol–water partition coefficient (Wildman–Crippen LogP) is 3.18. The van der Waals surface area contributed by atoms with Gasteiger partial charge in [-0.25, -0.2) is 12.8 Å². The van der Waals surface area contributed by atoms with Crippen molar-refractivity contribution in [3.63, 3.8) is 0 Å². The van der Waals surface area contributed by atoms with E-state index in [2.05, 4.69) is 29.3 Å². The lowest BCUT2D eigenvalue weighted by molar-refractivity contribution is -0.0431. The monoisotopic (exact) mass is 406 g/mol. The average molecular weight is 407 g/mol. The Morgan fingerprint density at radius 1 is 1.11 bits per heavy atom. The Kier molecular flexibility index (Phi) is 7.18. The lowest BCUT2D eigenvalue weighted by Gasteiger charge is -2.37. The van der Waals surface area contributed by atoms with Gasteiger partial charge in [0.1, 0.15) is 5.82 Å². The van der Waals surface area contributed by atoms with Crippen molar-refractivity contribution in [1.29, 1.82) is 0 Å².